The van der Waals surface area contributed by atoms with Gasteiger partial charge in [-0.25, -0.2) is 0 Å². The van der Waals surface area contributed by atoms with Crippen molar-refractivity contribution in [2.75, 3.05) is 18.1 Å². The fourth-order valence-corrected chi connectivity index (χ4v) is 2.72. The van der Waals surface area contributed by atoms with Crippen molar-refractivity contribution in [2.24, 2.45) is 0 Å². The van der Waals surface area contributed by atoms with Crippen molar-refractivity contribution in [3.05, 3.63) is 5.01 Å². The number of hydrogen-bond donors (Lipinski definition) is 1. The van der Waals surface area contributed by atoms with Crippen LogP contribution in [0.4, 0.5) is 5.13 Å². The third-order valence-corrected chi connectivity index (χ3v) is 3.48. The second-order valence-corrected chi connectivity index (χ2v) is 4.77. The molecule has 1 aromatic rings. The number of hydrogen-bond acceptors (Lipinski definition) is 5. The molecule has 0 amide bonds. The maximum Gasteiger partial charge on any atom is 0.208 e. The zero-order valence-corrected chi connectivity index (χ0v) is 9.13. The Bertz CT molecular complexity index is 302. The van der Waals surface area contributed by atoms with Gasteiger partial charge < -0.3 is 10.0 Å². The molecule has 2 heterocycles. The summed E-state index contributed by atoms with van der Waals surface area (Å²) in [6, 6.07) is 0.465. The first kappa shape index (κ1) is 9.86. The minimum absolute atomic E-state index is 0.263. The second-order valence-electron chi connectivity index (χ2n) is 3.61. The summed E-state index contributed by atoms with van der Waals surface area (Å²) < 4.78 is 0. The third-order valence-electron chi connectivity index (χ3n) is 2.60. The van der Waals surface area contributed by atoms with Gasteiger partial charge in [-0.15, -0.1) is 10.2 Å². The zero-order chi connectivity index (χ0) is 9.97. The van der Waals surface area contributed by atoms with Crippen molar-refractivity contribution in [2.45, 2.75) is 32.2 Å². The molecule has 5 heteroatoms. The average molecular weight is 213 g/mol. The lowest BCUT2D eigenvalue weighted by atomic mass is 10.2. The van der Waals surface area contributed by atoms with Crippen LogP contribution >= 0.6 is 11.3 Å². The van der Waals surface area contributed by atoms with E-state index in [1.165, 1.54) is 12.8 Å². The van der Waals surface area contributed by atoms with E-state index in [0.29, 0.717) is 6.04 Å². The molecule has 0 bridgehead atoms. The van der Waals surface area contributed by atoms with E-state index in [-0.39, 0.29) is 6.61 Å². The molecule has 1 atom stereocenters. The molecule has 0 aliphatic carbocycles. The Balaban J connectivity index is 2.09. The molecule has 1 aromatic heterocycles. The second kappa shape index (κ2) is 4.23. The van der Waals surface area contributed by atoms with E-state index in [0.717, 1.165) is 23.1 Å². The summed E-state index contributed by atoms with van der Waals surface area (Å²) in [6.45, 7) is 3.29. The average Bonchev–Trinajstić information content (AvgIpc) is 2.74. The number of aryl methyl sites for hydroxylation is 1. The topological polar surface area (TPSA) is 49.2 Å². The van der Waals surface area contributed by atoms with E-state index in [9.17, 15) is 0 Å². The first-order valence-corrected chi connectivity index (χ1v) is 5.80. The Labute approximate surface area is 87.6 Å². The number of aliphatic hydroxyl groups excluding tert-OH is 1. The highest BCUT2D eigenvalue weighted by atomic mass is 32.1. The molecule has 78 valence electrons. The highest BCUT2D eigenvalue weighted by Crippen LogP contribution is 2.29. The molecule has 4 nitrogen and oxygen atoms in total. The Hall–Kier alpha value is -0.680. The highest BCUT2D eigenvalue weighted by molar-refractivity contribution is 7.15. The van der Waals surface area contributed by atoms with Crippen LogP contribution in [0.5, 0.6) is 0 Å². The lowest BCUT2D eigenvalue weighted by molar-refractivity contribution is 0.276. The summed E-state index contributed by atoms with van der Waals surface area (Å²) in [4.78, 5) is 2.28. The largest absolute Gasteiger partial charge is 0.396 e. The van der Waals surface area contributed by atoms with E-state index in [1.807, 2.05) is 6.92 Å². The summed E-state index contributed by atoms with van der Waals surface area (Å²) in [6.07, 6.45) is 3.21. The number of rotatable bonds is 3. The molecule has 0 saturated carbocycles. The first-order chi connectivity index (χ1) is 6.81. The van der Waals surface area contributed by atoms with Gasteiger partial charge >= 0.3 is 0 Å². The molecule has 1 aliphatic heterocycles. The van der Waals surface area contributed by atoms with Gasteiger partial charge in [0.1, 0.15) is 5.01 Å². The van der Waals surface area contributed by atoms with Crippen LogP contribution in [0, 0.1) is 6.92 Å². The van der Waals surface area contributed by atoms with Crippen LogP contribution < -0.4 is 4.90 Å². The summed E-state index contributed by atoms with van der Waals surface area (Å²) >= 11 is 1.64. The highest BCUT2D eigenvalue weighted by Gasteiger charge is 2.26. The number of nitrogens with zero attached hydrogens (tertiary/aromatic N) is 3. The molecule has 1 aliphatic rings. The first-order valence-electron chi connectivity index (χ1n) is 4.99. The Morgan fingerprint density at radius 3 is 3.07 bits per heavy atom. The normalized spacial score (nSPS) is 21.9. The summed E-state index contributed by atoms with van der Waals surface area (Å²) in [7, 11) is 0. The van der Waals surface area contributed by atoms with Crippen LogP contribution in [0.1, 0.15) is 24.3 Å². The predicted octanol–water partition coefficient (Wildman–Crippen LogP) is 1.20. The van der Waals surface area contributed by atoms with E-state index >= 15 is 0 Å². The van der Waals surface area contributed by atoms with Gasteiger partial charge in [0.15, 0.2) is 0 Å². The van der Waals surface area contributed by atoms with Crippen LogP contribution in [0.2, 0.25) is 0 Å². The van der Waals surface area contributed by atoms with Crippen molar-refractivity contribution in [1.82, 2.24) is 10.2 Å². The standard InChI is InChI=1S/C9H15N3OS/c1-7-10-11-9(14-7)12-5-2-3-8(12)4-6-13/h8,13H,2-6H2,1H3. The lowest BCUT2D eigenvalue weighted by Crippen LogP contribution is -2.29. The molecule has 2 rings (SSSR count). The zero-order valence-electron chi connectivity index (χ0n) is 8.31. The van der Waals surface area contributed by atoms with E-state index in [1.54, 1.807) is 11.3 Å². The molecule has 0 spiro atoms. The van der Waals surface area contributed by atoms with Gasteiger partial charge in [-0.1, -0.05) is 11.3 Å². The molecule has 1 fully saturated rings. The minimum atomic E-state index is 0.263. The van der Waals surface area contributed by atoms with Gasteiger partial charge in [-0.05, 0) is 26.2 Å². The van der Waals surface area contributed by atoms with E-state index < -0.39 is 0 Å². The molecular weight excluding hydrogens is 198 g/mol. The molecule has 0 aromatic carbocycles. The van der Waals surface area contributed by atoms with E-state index in [2.05, 4.69) is 15.1 Å². The van der Waals surface area contributed by atoms with Crippen LogP contribution in [0.15, 0.2) is 0 Å². The maximum atomic E-state index is 8.94. The lowest BCUT2D eigenvalue weighted by Gasteiger charge is -2.22. The van der Waals surface area contributed by atoms with Gasteiger partial charge in [0.05, 0.1) is 0 Å². The van der Waals surface area contributed by atoms with E-state index in [4.69, 9.17) is 5.11 Å². The van der Waals surface area contributed by atoms with Crippen molar-refractivity contribution < 1.29 is 5.11 Å². The molecule has 1 unspecified atom stereocenters. The fourth-order valence-electron chi connectivity index (χ4n) is 1.94. The summed E-state index contributed by atoms with van der Waals surface area (Å²) in [5, 5.41) is 19.1. The van der Waals surface area contributed by atoms with Gasteiger partial charge in [0.2, 0.25) is 5.13 Å². The Morgan fingerprint density at radius 2 is 2.43 bits per heavy atom. The summed E-state index contributed by atoms with van der Waals surface area (Å²) in [5.41, 5.74) is 0. The van der Waals surface area contributed by atoms with Crippen molar-refractivity contribution in [1.29, 1.82) is 0 Å². The number of aromatic nitrogens is 2. The molecule has 1 saturated heterocycles. The quantitative estimate of drug-likeness (QED) is 0.819. The number of anilines is 1. The minimum Gasteiger partial charge on any atom is -0.396 e. The molecule has 0 radical (unpaired) electrons. The van der Waals surface area contributed by atoms with Crippen LogP contribution in [0.25, 0.3) is 0 Å². The SMILES string of the molecule is Cc1nnc(N2CCCC2CCO)s1. The maximum absolute atomic E-state index is 8.94. The van der Waals surface area contributed by atoms with Gasteiger partial charge in [-0.2, -0.15) is 0 Å². The molecule has 14 heavy (non-hydrogen) atoms. The van der Waals surface area contributed by atoms with Crippen molar-refractivity contribution >= 4 is 16.5 Å². The van der Waals surface area contributed by atoms with Crippen LogP contribution in [-0.4, -0.2) is 34.5 Å². The van der Waals surface area contributed by atoms with Gasteiger partial charge in [0, 0.05) is 19.2 Å². The van der Waals surface area contributed by atoms with Crippen LogP contribution in [-0.2, 0) is 0 Å². The van der Waals surface area contributed by atoms with Crippen molar-refractivity contribution in [3.63, 3.8) is 0 Å². The summed E-state index contributed by atoms with van der Waals surface area (Å²) in [5.74, 6) is 0. The van der Waals surface area contributed by atoms with Gasteiger partial charge in [-0.3, -0.25) is 0 Å². The van der Waals surface area contributed by atoms with Crippen molar-refractivity contribution in [3.8, 4) is 0 Å². The third kappa shape index (κ3) is 1.88. The molecule has 1 N–H and O–H groups in total. The Kier molecular flexibility index (Phi) is 2.98. The van der Waals surface area contributed by atoms with Crippen LogP contribution in [0.3, 0.4) is 0 Å². The predicted molar refractivity (Wildman–Crippen MR) is 56.7 cm³/mol. The van der Waals surface area contributed by atoms with Gasteiger partial charge in [0.25, 0.3) is 0 Å². The molecular formula is C9H15N3OS. The Morgan fingerprint density at radius 1 is 1.57 bits per heavy atom. The monoisotopic (exact) mass is 213 g/mol. The smallest absolute Gasteiger partial charge is 0.208 e. The fraction of sp³-hybridized carbons (Fsp3) is 0.778. The number of aliphatic hydroxyl groups is 1.